The van der Waals surface area contributed by atoms with Crippen LogP contribution in [0.4, 0.5) is 0 Å². The average molecular weight is 249 g/mol. The SMILES string of the molecule is Cc1nn2cccnc2c1-c1ccnc2[nH]ccc12. The molecule has 0 fully saturated rings. The summed E-state index contributed by atoms with van der Waals surface area (Å²) in [4.78, 5) is 11.9. The van der Waals surface area contributed by atoms with Crippen molar-refractivity contribution in [2.45, 2.75) is 6.92 Å². The quantitative estimate of drug-likeness (QED) is 0.564. The molecule has 0 aliphatic heterocycles. The summed E-state index contributed by atoms with van der Waals surface area (Å²) in [5, 5.41) is 5.59. The van der Waals surface area contributed by atoms with Gasteiger partial charge in [0, 0.05) is 30.2 Å². The molecule has 0 aliphatic carbocycles. The van der Waals surface area contributed by atoms with Gasteiger partial charge in [-0.3, -0.25) is 0 Å². The van der Waals surface area contributed by atoms with Gasteiger partial charge in [-0.25, -0.2) is 14.5 Å². The molecular weight excluding hydrogens is 238 g/mol. The molecule has 0 saturated heterocycles. The molecule has 4 heterocycles. The van der Waals surface area contributed by atoms with Crippen molar-refractivity contribution in [3.63, 3.8) is 0 Å². The number of aromatic amines is 1. The molecule has 1 N–H and O–H groups in total. The van der Waals surface area contributed by atoms with Gasteiger partial charge in [-0.2, -0.15) is 5.10 Å². The molecular formula is C14H11N5. The maximum absolute atomic E-state index is 4.50. The summed E-state index contributed by atoms with van der Waals surface area (Å²) < 4.78 is 1.81. The Bertz CT molecular complexity index is 887. The Morgan fingerprint density at radius 3 is 3.05 bits per heavy atom. The first-order valence-corrected chi connectivity index (χ1v) is 6.07. The van der Waals surface area contributed by atoms with E-state index >= 15 is 0 Å². The first-order valence-electron chi connectivity index (χ1n) is 6.07. The van der Waals surface area contributed by atoms with Crippen LogP contribution in [0.2, 0.25) is 0 Å². The van der Waals surface area contributed by atoms with Gasteiger partial charge >= 0.3 is 0 Å². The van der Waals surface area contributed by atoms with Gasteiger partial charge in [-0.05, 0) is 30.7 Å². The van der Waals surface area contributed by atoms with Crippen molar-refractivity contribution in [2.24, 2.45) is 0 Å². The molecule has 19 heavy (non-hydrogen) atoms. The Morgan fingerprint density at radius 1 is 1.16 bits per heavy atom. The molecule has 0 amide bonds. The average Bonchev–Trinajstić information content (AvgIpc) is 3.01. The Labute approximate surface area is 108 Å². The van der Waals surface area contributed by atoms with E-state index in [1.54, 1.807) is 12.4 Å². The maximum atomic E-state index is 4.50. The number of H-pyrrole nitrogens is 1. The third kappa shape index (κ3) is 1.38. The first-order chi connectivity index (χ1) is 9.34. The van der Waals surface area contributed by atoms with Crippen molar-refractivity contribution < 1.29 is 0 Å². The Balaban J connectivity index is 2.15. The summed E-state index contributed by atoms with van der Waals surface area (Å²) in [7, 11) is 0. The van der Waals surface area contributed by atoms with Gasteiger partial charge in [0.2, 0.25) is 0 Å². The Kier molecular flexibility index (Phi) is 1.97. The molecule has 92 valence electrons. The van der Waals surface area contributed by atoms with E-state index in [-0.39, 0.29) is 0 Å². The van der Waals surface area contributed by atoms with Crippen LogP contribution in [0.1, 0.15) is 5.69 Å². The minimum atomic E-state index is 0.869. The highest BCUT2D eigenvalue weighted by Gasteiger charge is 2.15. The Morgan fingerprint density at radius 2 is 2.11 bits per heavy atom. The Hall–Kier alpha value is -2.69. The molecule has 0 unspecified atom stereocenters. The number of rotatable bonds is 1. The molecule has 5 nitrogen and oxygen atoms in total. The number of fused-ring (bicyclic) bond motifs is 2. The van der Waals surface area contributed by atoms with Crippen molar-refractivity contribution >= 4 is 16.7 Å². The van der Waals surface area contributed by atoms with Crippen LogP contribution < -0.4 is 0 Å². The van der Waals surface area contributed by atoms with Crippen molar-refractivity contribution in [2.75, 3.05) is 0 Å². The molecule has 0 radical (unpaired) electrons. The van der Waals surface area contributed by atoms with Crippen LogP contribution in [-0.4, -0.2) is 24.6 Å². The van der Waals surface area contributed by atoms with Gasteiger partial charge in [-0.15, -0.1) is 0 Å². The molecule has 4 rings (SSSR count). The van der Waals surface area contributed by atoms with Crippen molar-refractivity contribution in [3.05, 3.63) is 48.7 Å². The number of aryl methyl sites for hydroxylation is 1. The minimum Gasteiger partial charge on any atom is -0.346 e. The topological polar surface area (TPSA) is 58.9 Å². The standard InChI is InChI=1S/C14H11N5/c1-9-12(14-17-5-2-8-19(14)18-9)10-3-6-15-13-11(10)4-7-16-13/h2-8H,1H3,(H,15,16). The van der Waals surface area contributed by atoms with Gasteiger partial charge in [-0.1, -0.05) is 0 Å². The van der Waals surface area contributed by atoms with E-state index in [1.807, 2.05) is 42.0 Å². The zero-order valence-electron chi connectivity index (χ0n) is 10.3. The zero-order chi connectivity index (χ0) is 12.8. The van der Waals surface area contributed by atoms with Crippen LogP contribution in [0, 0.1) is 6.92 Å². The van der Waals surface area contributed by atoms with Crippen LogP contribution in [-0.2, 0) is 0 Å². The summed E-state index contributed by atoms with van der Waals surface area (Å²) in [6.45, 7) is 2.00. The van der Waals surface area contributed by atoms with Crippen molar-refractivity contribution in [1.82, 2.24) is 24.6 Å². The molecule has 0 spiro atoms. The zero-order valence-corrected chi connectivity index (χ0v) is 10.3. The van der Waals surface area contributed by atoms with Crippen LogP contribution >= 0.6 is 0 Å². The summed E-state index contributed by atoms with van der Waals surface area (Å²) in [6, 6.07) is 5.92. The van der Waals surface area contributed by atoms with Gasteiger partial charge in [0.15, 0.2) is 5.65 Å². The van der Waals surface area contributed by atoms with E-state index in [0.717, 1.165) is 33.5 Å². The lowest BCUT2D eigenvalue weighted by Gasteiger charge is -2.02. The normalized spacial score (nSPS) is 11.4. The lowest BCUT2D eigenvalue weighted by Crippen LogP contribution is -1.88. The van der Waals surface area contributed by atoms with Gasteiger partial charge in [0.25, 0.3) is 0 Å². The highest BCUT2D eigenvalue weighted by molar-refractivity contribution is 5.97. The molecule has 5 heteroatoms. The van der Waals surface area contributed by atoms with E-state index in [1.165, 1.54) is 0 Å². The molecule has 4 aromatic heterocycles. The third-order valence-corrected chi connectivity index (χ3v) is 3.30. The molecule has 0 bridgehead atoms. The highest BCUT2D eigenvalue weighted by Crippen LogP contribution is 2.31. The largest absolute Gasteiger partial charge is 0.346 e. The summed E-state index contributed by atoms with van der Waals surface area (Å²) >= 11 is 0. The van der Waals surface area contributed by atoms with Gasteiger partial charge < -0.3 is 4.98 Å². The van der Waals surface area contributed by atoms with Crippen LogP contribution in [0.5, 0.6) is 0 Å². The lowest BCUT2D eigenvalue weighted by molar-refractivity contribution is 0.917. The van der Waals surface area contributed by atoms with Crippen molar-refractivity contribution in [3.8, 4) is 11.1 Å². The van der Waals surface area contributed by atoms with E-state index in [2.05, 4.69) is 20.1 Å². The molecule has 0 aliphatic rings. The van der Waals surface area contributed by atoms with Crippen LogP contribution in [0.15, 0.2) is 43.0 Å². The molecule has 0 saturated carbocycles. The predicted molar refractivity (Wildman–Crippen MR) is 72.8 cm³/mol. The van der Waals surface area contributed by atoms with E-state index < -0.39 is 0 Å². The molecule has 4 aromatic rings. The summed E-state index contributed by atoms with van der Waals surface area (Å²) in [5.74, 6) is 0. The first kappa shape index (κ1) is 10.3. The fourth-order valence-electron chi connectivity index (χ4n) is 2.49. The third-order valence-electron chi connectivity index (χ3n) is 3.30. The highest BCUT2D eigenvalue weighted by atomic mass is 15.2. The maximum Gasteiger partial charge on any atom is 0.163 e. The number of nitrogens with one attached hydrogen (secondary N) is 1. The number of hydrogen-bond donors (Lipinski definition) is 1. The fourth-order valence-corrected chi connectivity index (χ4v) is 2.49. The molecule has 0 aromatic carbocycles. The fraction of sp³-hybridized carbons (Fsp3) is 0.0714. The van der Waals surface area contributed by atoms with Gasteiger partial charge in [0.05, 0.1) is 11.3 Å². The monoisotopic (exact) mass is 249 g/mol. The number of nitrogens with zero attached hydrogens (tertiary/aromatic N) is 4. The second-order valence-electron chi connectivity index (χ2n) is 4.45. The predicted octanol–water partition coefficient (Wildman–Crippen LogP) is 2.58. The number of pyridine rings is 1. The smallest absolute Gasteiger partial charge is 0.163 e. The minimum absolute atomic E-state index is 0.869. The van der Waals surface area contributed by atoms with Crippen LogP contribution in [0.25, 0.3) is 27.8 Å². The second kappa shape index (κ2) is 3.65. The van der Waals surface area contributed by atoms with Crippen LogP contribution in [0.3, 0.4) is 0 Å². The number of aromatic nitrogens is 5. The molecule has 0 atom stereocenters. The van der Waals surface area contributed by atoms with Gasteiger partial charge in [0.1, 0.15) is 5.65 Å². The lowest BCUT2D eigenvalue weighted by atomic mass is 10.0. The van der Waals surface area contributed by atoms with E-state index in [0.29, 0.717) is 0 Å². The van der Waals surface area contributed by atoms with Crippen molar-refractivity contribution in [1.29, 1.82) is 0 Å². The summed E-state index contributed by atoms with van der Waals surface area (Å²) in [6.07, 6.45) is 7.40. The van der Waals surface area contributed by atoms with E-state index in [4.69, 9.17) is 0 Å². The summed E-state index contributed by atoms with van der Waals surface area (Å²) in [5.41, 5.74) is 4.89. The number of hydrogen-bond acceptors (Lipinski definition) is 3. The van der Waals surface area contributed by atoms with E-state index in [9.17, 15) is 0 Å². The second-order valence-corrected chi connectivity index (χ2v) is 4.45.